The van der Waals surface area contributed by atoms with Gasteiger partial charge in [-0.15, -0.1) is 0 Å². The third kappa shape index (κ3) is 6.60. The van der Waals surface area contributed by atoms with Crippen LogP contribution in [0.2, 0.25) is 15.1 Å². The summed E-state index contributed by atoms with van der Waals surface area (Å²) in [5.74, 6) is -1.89. The first-order chi connectivity index (χ1) is 13.7. The van der Waals surface area contributed by atoms with E-state index in [2.05, 4.69) is 16.2 Å². The van der Waals surface area contributed by atoms with Crippen molar-refractivity contribution in [3.05, 3.63) is 67.1 Å². The minimum atomic E-state index is -0.782. The predicted octanol–water partition coefficient (Wildman–Crippen LogP) is 3.73. The number of nitro benzene ring substituents is 1. The van der Waals surface area contributed by atoms with E-state index in [9.17, 15) is 24.5 Å². The van der Waals surface area contributed by atoms with Gasteiger partial charge >= 0.3 is 0 Å². The number of carbonyl (C=O) groups is 3. The van der Waals surface area contributed by atoms with Crippen LogP contribution in [-0.2, 0) is 9.59 Å². The fourth-order valence-corrected chi connectivity index (χ4v) is 2.73. The Morgan fingerprint density at radius 3 is 2.24 bits per heavy atom. The predicted molar refractivity (Wildman–Crippen MR) is 108 cm³/mol. The van der Waals surface area contributed by atoms with E-state index in [4.69, 9.17) is 34.8 Å². The fraction of sp³-hybridized carbons (Fsp3) is 0.118. The second-order valence-corrected chi connectivity index (χ2v) is 6.85. The standard InChI is InChI=1S/C17H13Cl3N4O5/c18-10-2-4-13(12(20)8-10)21-15(25)5-6-16(26)22-23-17(27)9-1-3-11(19)14(7-9)24(28)29/h1-4,7-8H,5-6H2,(H,21,25)(H,22,26)(H,23,27). The second-order valence-electron chi connectivity index (χ2n) is 5.60. The summed E-state index contributed by atoms with van der Waals surface area (Å²) in [5.41, 5.74) is 4.05. The maximum atomic E-state index is 12.0. The SMILES string of the molecule is O=C(CCC(=O)Nc1ccc(Cl)cc1Cl)NNC(=O)c1ccc(Cl)c([N+](=O)[O-])c1. The van der Waals surface area contributed by atoms with Gasteiger partial charge in [-0.1, -0.05) is 34.8 Å². The molecule has 0 aliphatic carbocycles. The lowest BCUT2D eigenvalue weighted by Gasteiger charge is -2.09. The van der Waals surface area contributed by atoms with E-state index < -0.39 is 28.3 Å². The van der Waals surface area contributed by atoms with Crippen molar-refractivity contribution in [1.82, 2.24) is 10.9 Å². The summed E-state index contributed by atoms with van der Waals surface area (Å²) in [6.45, 7) is 0. The van der Waals surface area contributed by atoms with Crippen LogP contribution in [0.15, 0.2) is 36.4 Å². The largest absolute Gasteiger partial charge is 0.325 e. The third-order valence-electron chi connectivity index (χ3n) is 3.50. The van der Waals surface area contributed by atoms with Crippen LogP contribution >= 0.6 is 34.8 Å². The molecule has 0 aliphatic rings. The highest BCUT2D eigenvalue weighted by Crippen LogP contribution is 2.26. The monoisotopic (exact) mass is 458 g/mol. The number of nitrogens with one attached hydrogen (secondary N) is 3. The van der Waals surface area contributed by atoms with Crippen molar-refractivity contribution in [2.24, 2.45) is 0 Å². The van der Waals surface area contributed by atoms with Crippen molar-refractivity contribution in [3.8, 4) is 0 Å². The van der Waals surface area contributed by atoms with Crippen molar-refractivity contribution in [1.29, 1.82) is 0 Å². The first kappa shape index (κ1) is 22.4. The van der Waals surface area contributed by atoms with Gasteiger partial charge < -0.3 is 5.32 Å². The van der Waals surface area contributed by atoms with Gasteiger partial charge in [-0.25, -0.2) is 0 Å². The summed E-state index contributed by atoms with van der Waals surface area (Å²) >= 11 is 17.4. The lowest BCUT2D eigenvalue weighted by molar-refractivity contribution is -0.384. The Bertz CT molecular complexity index is 984. The molecule has 0 saturated heterocycles. The maximum absolute atomic E-state index is 12.0. The first-order valence-corrected chi connectivity index (χ1v) is 9.09. The quantitative estimate of drug-likeness (QED) is 0.447. The van der Waals surface area contributed by atoms with Gasteiger partial charge in [-0.05, 0) is 30.3 Å². The van der Waals surface area contributed by atoms with E-state index >= 15 is 0 Å². The number of nitrogens with zero attached hydrogens (tertiary/aromatic N) is 1. The number of hydrazine groups is 1. The van der Waals surface area contributed by atoms with Crippen LogP contribution in [0.25, 0.3) is 0 Å². The van der Waals surface area contributed by atoms with Gasteiger partial charge in [0, 0.05) is 29.5 Å². The molecular formula is C17H13Cl3N4O5. The van der Waals surface area contributed by atoms with E-state index in [-0.39, 0.29) is 28.5 Å². The molecule has 0 spiro atoms. The number of halogens is 3. The number of rotatable bonds is 6. The van der Waals surface area contributed by atoms with E-state index in [1.807, 2.05) is 0 Å². The number of anilines is 1. The van der Waals surface area contributed by atoms with Gasteiger partial charge in [0.05, 0.1) is 15.6 Å². The number of benzene rings is 2. The molecule has 0 radical (unpaired) electrons. The molecule has 3 amide bonds. The van der Waals surface area contributed by atoms with Crippen LogP contribution in [-0.4, -0.2) is 22.6 Å². The van der Waals surface area contributed by atoms with Crippen LogP contribution in [0, 0.1) is 10.1 Å². The van der Waals surface area contributed by atoms with E-state index in [0.29, 0.717) is 10.7 Å². The summed E-state index contributed by atoms with van der Waals surface area (Å²) in [6, 6.07) is 7.97. The molecular weight excluding hydrogens is 447 g/mol. The Morgan fingerprint density at radius 2 is 1.59 bits per heavy atom. The zero-order valence-corrected chi connectivity index (χ0v) is 16.8. The normalized spacial score (nSPS) is 10.2. The van der Waals surface area contributed by atoms with E-state index in [1.165, 1.54) is 24.3 Å². The molecule has 152 valence electrons. The summed E-state index contributed by atoms with van der Waals surface area (Å²) < 4.78 is 0. The smallest absolute Gasteiger partial charge is 0.288 e. The number of hydrogen-bond acceptors (Lipinski definition) is 5. The zero-order chi connectivity index (χ0) is 21.6. The molecule has 3 N–H and O–H groups in total. The molecule has 12 heteroatoms. The lowest BCUT2D eigenvalue weighted by atomic mass is 10.2. The summed E-state index contributed by atoms with van der Waals surface area (Å²) in [7, 11) is 0. The molecule has 0 aromatic heterocycles. The maximum Gasteiger partial charge on any atom is 0.288 e. The van der Waals surface area contributed by atoms with Crippen LogP contribution in [0.5, 0.6) is 0 Å². The topological polar surface area (TPSA) is 130 Å². The molecule has 0 bridgehead atoms. The highest BCUT2D eigenvalue weighted by atomic mass is 35.5. The van der Waals surface area contributed by atoms with Crippen LogP contribution < -0.4 is 16.2 Å². The third-order valence-corrected chi connectivity index (χ3v) is 4.37. The first-order valence-electron chi connectivity index (χ1n) is 7.95. The lowest BCUT2D eigenvalue weighted by Crippen LogP contribution is -2.41. The van der Waals surface area contributed by atoms with Gasteiger partial charge in [-0.2, -0.15) is 0 Å². The van der Waals surface area contributed by atoms with Crippen molar-refractivity contribution >= 4 is 63.9 Å². The van der Waals surface area contributed by atoms with E-state index in [1.54, 1.807) is 6.07 Å². The van der Waals surface area contributed by atoms with Gasteiger partial charge in [0.15, 0.2) is 0 Å². The number of hydrogen-bond donors (Lipinski definition) is 3. The van der Waals surface area contributed by atoms with Gasteiger partial charge in [0.25, 0.3) is 11.6 Å². The number of carbonyl (C=O) groups excluding carboxylic acids is 3. The van der Waals surface area contributed by atoms with Gasteiger partial charge in [-0.3, -0.25) is 35.3 Å². The molecule has 0 saturated carbocycles. The van der Waals surface area contributed by atoms with E-state index in [0.717, 1.165) is 6.07 Å². The van der Waals surface area contributed by atoms with Crippen LogP contribution in [0.1, 0.15) is 23.2 Å². The Kier molecular flexibility index (Phi) is 7.77. The molecule has 29 heavy (non-hydrogen) atoms. The zero-order valence-electron chi connectivity index (χ0n) is 14.5. The van der Waals surface area contributed by atoms with Crippen molar-refractivity contribution in [2.75, 3.05) is 5.32 Å². The molecule has 2 rings (SSSR count). The highest BCUT2D eigenvalue weighted by molar-refractivity contribution is 6.36. The van der Waals surface area contributed by atoms with Crippen molar-refractivity contribution in [2.45, 2.75) is 12.8 Å². The van der Waals surface area contributed by atoms with Crippen molar-refractivity contribution in [3.63, 3.8) is 0 Å². The average Bonchev–Trinajstić information content (AvgIpc) is 2.66. The van der Waals surface area contributed by atoms with Crippen molar-refractivity contribution < 1.29 is 19.3 Å². The van der Waals surface area contributed by atoms with Gasteiger partial charge in [0.1, 0.15) is 5.02 Å². The molecule has 0 heterocycles. The second kappa shape index (κ2) is 10.1. The highest BCUT2D eigenvalue weighted by Gasteiger charge is 2.17. The Balaban J connectivity index is 1.82. The Morgan fingerprint density at radius 1 is 0.897 bits per heavy atom. The molecule has 0 unspecified atom stereocenters. The molecule has 9 nitrogen and oxygen atoms in total. The molecule has 2 aromatic carbocycles. The van der Waals surface area contributed by atoms with Crippen LogP contribution in [0.4, 0.5) is 11.4 Å². The fourth-order valence-electron chi connectivity index (χ4n) is 2.09. The minimum Gasteiger partial charge on any atom is -0.325 e. The molecule has 2 aromatic rings. The average molecular weight is 460 g/mol. The number of amides is 3. The number of nitro groups is 1. The Labute approximate surface area is 179 Å². The summed E-state index contributed by atoms with van der Waals surface area (Å²) in [5, 5.41) is 13.9. The summed E-state index contributed by atoms with van der Waals surface area (Å²) in [4.78, 5) is 45.8. The molecule has 0 fully saturated rings. The molecule has 0 aliphatic heterocycles. The molecule has 0 atom stereocenters. The minimum absolute atomic E-state index is 0.0727. The van der Waals surface area contributed by atoms with Crippen LogP contribution in [0.3, 0.4) is 0 Å². The Hall–Kier alpha value is -2.88. The van der Waals surface area contributed by atoms with Gasteiger partial charge in [0.2, 0.25) is 11.8 Å². The summed E-state index contributed by atoms with van der Waals surface area (Å²) in [6.07, 6.45) is -0.398.